The smallest absolute Gasteiger partial charge is 0.123 e. The Labute approximate surface area is 136 Å². The molecule has 2 aromatic rings. The van der Waals surface area contributed by atoms with Gasteiger partial charge in [0.25, 0.3) is 0 Å². The Morgan fingerprint density at radius 1 is 1.23 bits per heavy atom. The van der Waals surface area contributed by atoms with Crippen LogP contribution in [0.5, 0.6) is 0 Å². The predicted molar refractivity (Wildman–Crippen MR) is 92.0 cm³/mol. The summed E-state index contributed by atoms with van der Waals surface area (Å²) >= 11 is 1.77. The van der Waals surface area contributed by atoms with Crippen LogP contribution in [0, 0.1) is 18.8 Å². The lowest BCUT2D eigenvalue weighted by Crippen LogP contribution is -2.39. The summed E-state index contributed by atoms with van der Waals surface area (Å²) in [7, 11) is 0. The molecule has 22 heavy (non-hydrogen) atoms. The number of nitrogens with one attached hydrogen (secondary N) is 1. The standard InChI is InChI=1S/C18H23N3S/c1-13-2-4-14(5-3-13)18-20-17(12-22-18)11-21-7-6-15-8-19-9-16(15)10-21/h2-5,12,15-16,19H,6-11H2,1H3. The van der Waals surface area contributed by atoms with Crippen molar-refractivity contribution in [3.8, 4) is 10.6 Å². The molecular weight excluding hydrogens is 290 g/mol. The monoisotopic (exact) mass is 313 g/mol. The van der Waals surface area contributed by atoms with Gasteiger partial charge in [0, 0.05) is 24.0 Å². The fourth-order valence-electron chi connectivity index (χ4n) is 3.69. The minimum Gasteiger partial charge on any atom is -0.316 e. The van der Waals surface area contributed by atoms with Crippen molar-refractivity contribution in [1.29, 1.82) is 0 Å². The van der Waals surface area contributed by atoms with Crippen LogP contribution in [0.1, 0.15) is 17.7 Å². The van der Waals surface area contributed by atoms with Crippen molar-refractivity contribution in [1.82, 2.24) is 15.2 Å². The maximum absolute atomic E-state index is 4.85. The molecule has 0 saturated carbocycles. The lowest BCUT2D eigenvalue weighted by Gasteiger charge is -2.33. The molecule has 2 fully saturated rings. The molecule has 0 aliphatic carbocycles. The Morgan fingerprint density at radius 2 is 2.05 bits per heavy atom. The van der Waals surface area contributed by atoms with Crippen LogP contribution in [0.25, 0.3) is 10.6 Å². The van der Waals surface area contributed by atoms with Crippen LogP contribution >= 0.6 is 11.3 Å². The molecular formula is C18H23N3S. The van der Waals surface area contributed by atoms with Crippen LogP contribution in [-0.4, -0.2) is 36.1 Å². The number of likely N-dealkylation sites (tertiary alicyclic amines) is 1. The van der Waals surface area contributed by atoms with E-state index in [1.54, 1.807) is 11.3 Å². The molecule has 3 heterocycles. The highest BCUT2D eigenvalue weighted by molar-refractivity contribution is 7.13. The number of aromatic nitrogens is 1. The van der Waals surface area contributed by atoms with Crippen LogP contribution < -0.4 is 5.32 Å². The number of hydrogen-bond donors (Lipinski definition) is 1. The minimum atomic E-state index is 0.851. The second-order valence-electron chi connectivity index (χ2n) is 6.71. The number of rotatable bonds is 3. The lowest BCUT2D eigenvalue weighted by atomic mass is 9.89. The van der Waals surface area contributed by atoms with E-state index in [0.717, 1.165) is 23.4 Å². The van der Waals surface area contributed by atoms with E-state index in [4.69, 9.17) is 4.98 Å². The Hall–Kier alpha value is -1.23. The highest BCUT2D eigenvalue weighted by Crippen LogP contribution is 2.29. The van der Waals surface area contributed by atoms with E-state index in [1.165, 1.54) is 49.4 Å². The van der Waals surface area contributed by atoms with E-state index in [0.29, 0.717) is 0 Å². The van der Waals surface area contributed by atoms with Gasteiger partial charge in [0.15, 0.2) is 0 Å². The fraction of sp³-hybridized carbons (Fsp3) is 0.500. The molecule has 0 bridgehead atoms. The molecule has 3 nitrogen and oxygen atoms in total. The quantitative estimate of drug-likeness (QED) is 0.943. The van der Waals surface area contributed by atoms with Gasteiger partial charge in [0.1, 0.15) is 5.01 Å². The van der Waals surface area contributed by atoms with E-state index >= 15 is 0 Å². The average Bonchev–Trinajstić information content (AvgIpc) is 3.17. The van der Waals surface area contributed by atoms with Crippen LogP contribution in [0.4, 0.5) is 0 Å². The van der Waals surface area contributed by atoms with E-state index < -0.39 is 0 Å². The third-order valence-corrected chi connectivity index (χ3v) is 5.96. The van der Waals surface area contributed by atoms with Crippen LogP contribution in [0.2, 0.25) is 0 Å². The van der Waals surface area contributed by atoms with Gasteiger partial charge in [-0.3, -0.25) is 4.90 Å². The molecule has 116 valence electrons. The summed E-state index contributed by atoms with van der Waals surface area (Å²) in [6.07, 6.45) is 1.34. The van der Waals surface area contributed by atoms with Crippen molar-refractivity contribution < 1.29 is 0 Å². The molecule has 0 amide bonds. The summed E-state index contributed by atoms with van der Waals surface area (Å²) < 4.78 is 0. The summed E-state index contributed by atoms with van der Waals surface area (Å²) in [6.45, 7) is 8.01. The summed E-state index contributed by atoms with van der Waals surface area (Å²) in [6, 6.07) is 8.67. The Morgan fingerprint density at radius 3 is 2.91 bits per heavy atom. The Balaban J connectivity index is 1.42. The summed E-state index contributed by atoms with van der Waals surface area (Å²) in [5.41, 5.74) is 3.76. The first kappa shape index (κ1) is 14.4. The molecule has 0 spiro atoms. The van der Waals surface area contributed by atoms with Gasteiger partial charge in [-0.2, -0.15) is 0 Å². The van der Waals surface area contributed by atoms with Gasteiger partial charge in [-0.05, 0) is 44.8 Å². The van der Waals surface area contributed by atoms with Crippen molar-refractivity contribution >= 4 is 11.3 Å². The first-order chi connectivity index (χ1) is 10.8. The molecule has 1 aromatic carbocycles. The number of thiazole rings is 1. The molecule has 2 atom stereocenters. The normalized spacial score (nSPS) is 25.3. The zero-order valence-electron chi connectivity index (χ0n) is 13.1. The van der Waals surface area contributed by atoms with E-state index in [1.807, 2.05) is 0 Å². The molecule has 1 aromatic heterocycles. The molecule has 4 rings (SSSR count). The van der Waals surface area contributed by atoms with Crippen molar-refractivity contribution in [2.24, 2.45) is 11.8 Å². The van der Waals surface area contributed by atoms with Gasteiger partial charge in [-0.15, -0.1) is 11.3 Å². The molecule has 0 radical (unpaired) electrons. The molecule has 2 aliphatic heterocycles. The maximum atomic E-state index is 4.85. The number of nitrogens with zero attached hydrogens (tertiary/aromatic N) is 2. The Kier molecular flexibility index (Phi) is 3.99. The highest BCUT2D eigenvalue weighted by Gasteiger charge is 2.32. The van der Waals surface area contributed by atoms with Crippen molar-refractivity contribution in [3.05, 3.63) is 40.9 Å². The molecule has 2 saturated heterocycles. The average molecular weight is 313 g/mol. The number of aryl methyl sites for hydroxylation is 1. The van der Waals surface area contributed by atoms with Gasteiger partial charge in [-0.1, -0.05) is 29.8 Å². The summed E-state index contributed by atoms with van der Waals surface area (Å²) in [4.78, 5) is 7.44. The Bertz CT molecular complexity index is 634. The van der Waals surface area contributed by atoms with Gasteiger partial charge >= 0.3 is 0 Å². The second-order valence-corrected chi connectivity index (χ2v) is 7.57. The molecule has 4 heteroatoms. The van der Waals surface area contributed by atoms with Crippen molar-refractivity contribution in [2.45, 2.75) is 19.9 Å². The number of hydrogen-bond acceptors (Lipinski definition) is 4. The zero-order chi connectivity index (χ0) is 14.9. The zero-order valence-corrected chi connectivity index (χ0v) is 13.9. The fourth-order valence-corrected chi connectivity index (χ4v) is 4.51. The van der Waals surface area contributed by atoms with Crippen molar-refractivity contribution in [3.63, 3.8) is 0 Å². The topological polar surface area (TPSA) is 28.2 Å². The predicted octanol–water partition coefficient (Wildman–Crippen LogP) is 3.16. The van der Waals surface area contributed by atoms with Gasteiger partial charge < -0.3 is 5.32 Å². The third kappa shape index (κ3) is 2.96. The SMILES string of the molecule is Cc1ccc(-c2nc(CN3CCC4CNCC4C3)cs2)cc1. The van der Waals surface area contributed by atoms with Crippen LogP contribution in [0.3, 0.4) is 0 Å². The van der Waals surface area contributed by atoms with Gasteiger partial charge in [-0.25, -0.2) is 4.98 Å². The summed E-state index contributed by atoms with van der Waals surface area (Å²) in [5, 5.41) is 6.91. The first-order valence-electron chi connectivity index (χ1n) is 8.22. The maximum Gasteiger partial charge on any atom is 0.123 e. The highest BCUT2D eigenvalue weighted by atomic mass is 32.1. The van der Waals surface area contributed by atoms with Crippen molar-refractivity contribution in [2.75, 3.05) is 26.2 Å². The number of fused-ring (bicyclic) bond motifs is 1. The first-order valence-corrected chi connectivity index (χ1v) is 9.10. The molecule has 2 aliphatic rings. The number of piperidine rings is 1. The van der Waals surface area contributed by atoms with E-state index in [2.05, 4.69) is 46.8 Å². The molecule has 1 N–H and O–H groups in total. The van der Waals surface area contributed by atoms with Crippen LogP contribution in [0.15, 0.2) is 29.6 Å². The third-order valence-electron chi connectivity index (χ3n) is 5.02. The lowest BCUT2D eigenvalue weighted by molar-refractivity contribution is 0.141. The summed E-state index contributed by atoms with van der Waals surface area (Å²) in [5.74, 6) is 1.76. The minimum absolute atomic E-state index is 0.851. The van der Waals surface area contributed by atoms with Gasteiger partial charge in [0.05, 0.1) is 5.69 Å². The largest absolute Gasteiger partial charge is 0.316 e. The number of benzene rings is 1. The second kappa shape index (κ2) is 6.11. The van der Waals surface area contributed by atoms with Crippen LogP contribution in [-0.2, 0) is 6.54 Å². The molecule has 2 unspecified atom stereocenters. The van der Waals surface area contributed by atoms with E-state index in [-0.39, 0.29) is 0 Å². The van der Waals surface area contributed by atoms with Gasteiger partial charge in [0.2, 0.25) is 0 Å². The van der Waals surface area contributed by atoms with E-state index in [9.17, 15) is 0 Å².